The second kappa shape index (κ2) is 3.90. The third-order valence-electron chi connectivity index (χ3n) is 2.91. The number of carboxylic acids is 1. The van der Waals surface area contributed by atoms with E-state index >= 15 is 0 Å². The van der Waals surface area contributed by atoms with Crippen LogP contribution in [-0.2, 0) is 4.79 Å². The Labute approximate surface area is 72.9 Å². The van der Waals surface area contributed by atoms with Crippen molar-refractivity contribution in [1.29, 1.82) is 0 Å². The second-order valence-corrected chi connectivity index (χ2v) is 3.85. The lowest BCUT2D eigenvalue weighted by Gasteiger charge is -2.17. The van der Waals surface area contributed by atoms with Crippen LogP contribution < -0.4 is 5.73 Å². The molecule has 3 N–H and O–H groups in total. The number of carbonyl (C=O) groups is 1. The van der Waals surface area contributed by atoms with Crippen LogP contribution in [0.3, 0.4) is 0 Å². The lowest BCUT2D eigenvalue weighted by Crippen LogP contribution is -2.32. The zero-order valence-electron chi connectivity index (χ0n) is 7.49. The van der Waals surface area contributed by atoms with Gasteiger partial charge in [-0.15, -0.1) is 0 Å². The van der Waals surface area contributed by atoms with E-state index in [1.165, 1.54) is 12.8 Å². The fourth-order valence-electron chi connectivity index (χ4n) is 2.00. The first-order valence-electron chi connectivity index (χ1n) is 4.59. The van der Waals surface area contributed by atoms with E-state index in [-0.39, 0.29) is 0 Å². The van der Waals surface area contributed by atoms with Crippen LogP contribution in [0.25, 0.3) is 0 Å². The monoisotopic (exact) mass is 171 g/mol. The van der Waals surface area contributed by atoms with E-state index in [0.29, 0.717) is 18.3 Å². The summed E-state index contributed by atoms with van der Waals surface area (Å²) in [5.41, 5.74) is 5.46. The van der Waals surface area contributed by atoms with Gasteiger partial charge in [0.2, 0.25) is 0 Å². The third kappa shape index (κ3) is 2.21. The Hall–Kier alpha value is -0.570. The van der Waals surface area contributed by atoms with E-state index in [0.717, 1.165) is 6.42 Å². The van der Waals surface area contributed by atoms with Gasteiger partial charge in [-0.05, 0) is 18.3 Å². The molecule has 0 aromatic heterocycles. The van der Waals surface area contributed by atoms with E-state index in [1.807, 2.05) is 0 Å². The molecule has 0 spiro atoms. The van der Waals surface area contributed by atoms with Gasteiger partial charge in [0.15, 0.2) is 0 Å². The van der Waals surface area contributed by atoms with E-state index in [9.17, 15) is 4.79 Å². The Bertz CT molecular complexity index is 170. The van der Waals surface area contributed by atoms with Crippen LogP contribution >= 0.6 is 0 Å². The second-order valence-electron chi connectivity index (χ2n) is 3.85. The molecule has 0 unspecified atom stereocenters. The molecule has 3 atom stereocenters. The SMILES string of the molecule is C[C@@H]1CCC[C@H]1C[C@H](N)C(=O)O. The van der Waals surface area contributed by atoms with Crippen molar-refractivity contribution in [2.45, 2.75) is 38.6 Å². The van der Waals surface area contributed by atoms with Crippen LogP contribution in [0.4, 0.5) is 0 Å². The van der Waals surface area contributed by atoms with Gasteiger partial charge in [0, 0.05) is 0 Å². The molecule has 0 amide bonds. The van der Waals surface area contributed by atoms with Crippen molar-refractivity contribution in [3.05, 3.63) is 0 Å². The average Bonchev–Trinajstić information content (AvgIpc) is 2.36. The topological polar surface area (TPSA) is 63.3 Å². The molecule has 0 aromatic rings. The third-order valence-corrected chi connectivity index (χ3v) is 2.91. The maximum Gasteiger partial charge on any atom is 0.320 e. The molecule has 12 heavy (non-hydrogen) atoms. The van der Waals surface area contributed by atoms with E-state index in [2.05, 4.69) is 6.92 Å². The fraction of sp³-hybridized carbons (Fsp3) is 0.889. The Kier molecular flexibility index (Phi) is 3.09. The van der Waals surface area contributed by atoms with Crippen molar-refractivity contribution in [1.82, 2.24) is 0 Å². The zero-order valence-corrected chi connectivity index (χ0v) is 7.49. The van der Waals surface area contributed by atoms with Crippen molar-refractivity contribution >= 4 is 5.97 Å². The predicted octanol–water partition coefficient (Wildman–Crippen LogP) is 1.22. The highest BCUT2D eigenvalue weighted by Gasteiger charge is 2.27. The summed E-state index contributed by atoms with van der Waals surface area (Å²) < 4.78 is 0. The van der Waals surface area contributed by atoms with Crippen LogP contribution in [0.15, 0.2) is 0 Å². The minimum absolute atomic E-state index is 0.538. The first-order chi connectivity index (χ1) is 5.61. The molecule has 0 bridgehead atoms. The molecule has 0 saturated heterocycles. The minimum Gasteiger partial charge on any atom is -0.480 e. The number of aliphatic carboxylic acids is 1. The number of rotatable bonds is 3. The number of nitrogens with two attached hydrogens (primary N) is 1. The Morgan fingerprint density at radius 1 is 1.67 bits per heavy atom. The van der Waals surface area contributed by atoms with Crippen LogP contribution in [0.2, 0.25) is 0 Å². The molecule has 1 rings (SSSR count). The Morgan fingerprint density at radius 3 is 2.75 bits per heavy atom. The molecule has 1 fully saturated rings. The molecule has 0 radical (unpaired) electrons. The first kappa shape index (κ1) is 9.52. The van der Waals surface area contributed by atoms with Gasteiger partial charge in [-0.3, -0.25) is 4.79 Å². The highest BCUT2D eigenvalue weighted by molar-refractivity contribution is 5.73. The molecule has 1 saturated carbocycles. The summed E-state index contributed by atoms with van der Waals surface area (Å²) in [7, 11) is 0. The van der Waals surface area contributed by atoms with Gasteiger partial charge in [0.05, 0.1) is 0 Å². The van der Waals surface area contributed by atoms with Gasteiger partial charge in [0.25, 0.3) is 0 Å². The smallest absolute Gasteiger partial charge is 0.320 e. The Balaban J connectivity index is 2.35. The summed E-state index contributed by atoms with van der Waals surface area (Å²) in [6.07, 6.45) is 4.27. The predicted molar refractivity (Wildman–Crippen MR) is 46.7 cm³/mol. The zero-order chi connectivity index (χ0) is 9.14. The van der Waals surface area contributed by atoms with Crippen molar-refractivity contribution in [3.8, 4) is 0 Å². The molecule has 70 valence electrons. The first-order valence-corrected chi connectivity index (χ1v) is 4.59. The maximum atomic E-state index is 10.5. The molecular formula is C9H17NO2. The van der Waals surface area contributed by atoms with Crippen LogP contribution in [0.5, 0.6) is 0 Å². The summed E-state index contributed by atoms with van der Waals surface area (Å²) in [5, 5.41) is 8.60. The van der Waals surface area contributed by atoms with Crippen LogP contribution in [0.1, 0.15) is 32.6 Å². The Morgan fingerprint density at radius 2 is 2.33 bits per heavy atom. The fourth-order valence-corrected chi connectivity index (χ4v) is 2.00. The highest BCUT2D eigenvalue weighted by atomic mass is 16.4. The summed E-state index contributed by atoms with van der Waals surface area (Å²) in [6, 6.07) is -0.657. The van der Waals surface area contributed by atoms with Gasteiger partial charge in [-0.2, -0.15) is 0 Å². The highest BCUT2D eigenvalue weighted by Crippen LogP contribution is 2.33. The van der Waals surface area contributed by atoms with Gasteiger partial charge >= 0.3 is 5.97 Å². The van der Waals surface area contributed by atoms with Crippen molar-refractivity contribution in [3.63, 3.8) is 0 Å². The van der Waals surface area contributed by atoms with E-state index in [4.69, 9.17) is 10.8 Å². The summed E-state index contributed by atoms with van der Waals surface area (Å²) >= 11 is 0. The molecule has 3 heteroatoms. The standard InChI is InChI=1S/C9H17NO2/c1-6-3-2-4-7(6)5-8(10)9(11)12/h6-8H,2-5,10H2,1H3,(H,11,12)/t6-,7+,8+/m1/s1. The maximum absolute atomic E-state index is 10.5. The van der Waals surface area contributed by atoms with Gasteiger partial charge in [0.1, 0.15) is 6.04 Å². The van der Waals surface area contributed by atoms with Gasteiger partial charge in [-0.1, -0.05) is 26.2 Å². The summed E-state index contributed by atoms with van der Waals surface area (Å²) in [5.74, 6) is 0.334. The van der Waals surface area contributed by atoms with Crippen molar-refractivity contribution in [2.24, 2.45) is 17.6 Å². The van der Waals surface area contributed by atoms with Crippen LogP contribution in [0, 0.1) is 11.8 Å². The van der Waals surface area contributed by atoms with Crippen molar-refractivity contribution in [2.75, 3.05) is 0 Å². The summed E-state index contributed by atoms with van der Waals surface area (Å²) in [4.78, 5) is 10.5. The molecule has 1 aliphatic carbocycles. The molecule has 0 aromatic carbocycles. The quantitative estimate of drug-likeness (QED) is 0.671. The van der Waals surface area contributed by atoms with E-state index in [1.54, 1.807) is 0 Å². The van der Waals surface area contributed by atoms with Crippen molar-refractivity contribution < 1.29 is 9.90 Å². The summed E-state index contributed by atoms with van der Waals surface area (Å²) in [6.45, 7) is 2.19. The van der Waals surface area contributed by atoms with Crippen LogP contribution in [-0.4, -0.2) is 17.1 Å². The number of hydrogen-bond acceptors (Lipinski definition) is 2. The van der Waals surface area contributed by atoms with E-state index < -0.39 is 12.0 Å². The molecule has 1 aliphatic rings. The van der Waals surface area contributed by atoms with Gasteiger partial charge in [-0.25, -0.2) is 0 Å². The minimum atomic E-state index is -0.867. The lowest BCUT2D eigenvalue weighted by molar-refractivity contribution is -0.139. The van der Waals surface area contributed by atoms with Gasteiger partial charge < -0.3 is 10.8 Å². The molecular weight excluding hydrogens is 154 g/mol. The number of carboxylic acid groups (broad SMARTS) is 1. The largest absolute Gasteiger partial charge is 0.480 e. The molecule has 3 nitrogen and oxygen atoms in total. The molecule has 0 heterocycles. The number of hydrogen-bond donors (Lipinski definition) is 2. The lowest BCUT2D eigenvalue weighted by atomic mass is 9.91. The average molecular weight is 171 g/mol. The normalized spacial score (nSPS) is 31.8. The molecule has 0 aliphatic heterocycles.